The van der Waals surface area contributed by atoms with Gasteiger partial charge in [-0.05, 0) is 61.2 Å². The molecule has 1 N–H and O–H groups in total. The van der Waals surface area contributed by atoms with Crippen LogP contribution < -0.4 is 5.32 Å². The van der Waals surface area contributed by atoms with Gasteiger partial charge in [-0.3, -0.25) is 0 Å². The Labute approximate surface area is 105 Å². The summed E-state index contributed by atoms with van der Waals surface area (Å²) in [4.78, 5) is 0. The first-order valence-electron chi connectivity index (χ1n) is 7.15. The lowest BCUT2D eigenvalue weighted by Gasteiger charge is -2.31. The van der Waals surface area contributed by atoms with Crippen LogP contribution >= 0.6 is 0 Å². The molecule has 0 spiro atoms. The van der Waals surface area contributed by atoms with Gasteiger partial charge in [0.1, 0.15) is 0 Å². The Kier molecular flexibility index (Phi) is 3.19. The molecular weight excluding hydrogens is 206 g/mol. The van der Waals surface area contributed by atoms with Gasteiger partial charge in [0.05, 0.1) is 0 Å². The summed E-state index contributed by atoms with van der Waals surface area (Å²) in [5, 5.41) is 3.48. The van der Waals surface area contributed by atoms with Crippen LogP contribution in [0, 0.1) is 5.92 Å². The summed E-state index contributed by atoms with van der Waals surface area (Å²) in [5.74, 6) is 2.42. The standard InChI is InChI=1S/C16H23N/c1-12-11-17-10-9-16(12)15-7-5-14(6-8-15)13-3-2-4-13/h5-8,12-13,16-17H,2-4,9-11H2,1H3. The van der Waals surface area contributed by atoms with E-state index in [0.29, 0.717) is 0 Å². The first-order valence-corrected chi connectivity index (χ1v) is 7.15. The molecule has 3 rings (SSSR count). The van der Waals surface area contributed by atoms with Crippen molar-refractivity contribution in [3.05, 3.63) is 35.4 Å². The molecule has 92 valence electrons. The van der Waals surface area contributed by atoms with Crippen molar-refractivity contribution in [2.24, 2.45) is 5.92 Å². The zero-order valence-electron chi connectivity index (χ0n) is 10.8. The van der Waals surface area contributed by atoms with Crippen LogP contribution in [0.1, 0.15) is 55.6 Å². The van der Waals surface area contributed by atoms with Crippen molar-refractivity contribution in [3.63, 3.8) is 0 Å². The molecule has 17 heavy (non-hydrogen) atoms. The van der Waals surface area contributed by atoms with Crippen LogP contribution in [0.15, 0.2) is 24.3 Å². The minimum absolute atomic E-state index is 0.770. The molecule has 0 bridgehead atoms. The van der Waals surface area contributed by atoms with Crippen molar-refractivity contribution in [2.75, 3.05) is 13.1 Å². The second-order valence-electron chi connectivity index (χ2n) is 5.87. The average molecular weight is 229 g/mol. The second kappa shape index (κ2) is 4.81. The number of benzene rings is 1. The van der Waals surface area contributed by atoms with E-state index < -0.39 is 0 Å². The summed E-state index contributed by atoms with van der Waals surface area (Å²) < 4.78 is 0. The first kappa shape index (κ1) is 11.3. The van der Waals surface area contributed by atoms with Gasteiger partial charge >= 0.3 is 0 Å². The lowest BCUT2D eigenvalue weighted by Crippen LogP contribution is -2.33. The van der Waals surface area contributed by atoms with E-state index in [1.807, 2.05) is 0 Å². The molecule has 1 saturated carbocycles. The number of nitrogens with one attached hydrogen (secondary N) is 1. The van der Waals surface area contributed by atoms with E-state index in [-0.39, 0.29) is 0 Å². The highest BCUT2D eigenvalue weighted by Crippen LogP contribution is 2.37. The predicted octanol–water partition coefficient (Wildman–Crippen LogP) is 3.67. The summed E-state index contributed by atoms with van der Waals surface area (Å²) in [5.41, 5.74) is 3.13. The Balaban J connectivity index is 1.74. The Bertz CT molecular complexity index is 364. The molecule has 1 aromatic rings. The van der Waals surface area contributed by atoms with E-state index in [1.165, 1.54) is 38.8 Å². The lowest BCUT2D eigenvalue weighted by molar-refractivity contribution is 0.349. The first-order chi connectivity index (χ1) is 8.34. The van der Waals surface area contributed by atoms with E-state index in [9.17, 15) is 0 Å². The molecule has 1 heterocycles. The molecule has 2 unspecified atom stereocenters. The van der Waals surface area contributed by atoms with Gasteiger partial charge in [-0.25, -0.2) is 0 Å². The minimum atomic E-state index is 0.770. The molecule has 1 saturated heterocycles. The third-order valence-corrected chi connectivity index (χ3v) is 4.73. The fourth-order valence-corrected chi connectivity index (χ4v) is 3.27. The molecule has 1 heteroatoms. The molecule has 1 aliphatic heterocycles. The van der Waals surface area contributed by atoms with E-state index in [4.69, 9.17) is 0 Å². The van der Waals surface area contributed by atoms with Crippen molar-refractivity contribution in [1.82, 2.24) is 5.32 Å². The molecule has 2 atom stereocenters. The second-order valence-corrected chi connectivity index (χ2v) is 5.87. The maximum atomic E-state index is 3.48. The Hall–Kier alpha value is -0.820. The van der Waals surface area contributed by atoms with Crippen molar-refractivity contribution in [1.29, 1.82) is 0 Å². The van der Waals surface area contributed by atoms with Gasteiger partial charge in [0.25, 0.3) is 0 Å². The minimum Gasteiger partial charge on any atom is -0.316 e. The van der Waals surface area contributed by atoms with Gasteiger partial charge in [-0.15, -0.1) is 0 Å². The van der Waals surface area contributed by atoms with Crippen LogP contribution in [-0.2, 0) is 0 Å². The van der Waals surface area contributed by atoms with E-state index in [1.54, 1.807) is 11.1 Å². The van der Waals surface area contributed by atoms with Crippen LogP contribution in [-0.4, -0.2) is 13.1 Å². The molecule has 0 amide bonds. The normalized spacial score (nSPS) is 29.9. The molecule has 1 nitrogen and oxygen atoms in total. The quantitative estimate of drug-likeness (QED) is 0.816. The average Bonchev–Trinajstić information content (AvgIpc) is 2.29. The highest BCUT2D eigenvalue weighted by Gasteiger charge is 2.23. The van der Waals surface area contributed by atoms with Gasteiger partial charge in [-0.2, -0.15) is 0 Å². The Morgan fingerprint density at radius 3 is 2.29 bits per heavy atom. The Morgan fingerprint density at radius 2 is 1.71 bits per heavy atom. The highest BCUT2D eigenvalue weighted by molar-refractivity contribution is 5.29. The number of hydrogen-bond acceptors (Lipinski definition) is 1. The van der Waals surface area contributed by atoms with Crippen LogP contribution in [0.4, 0.5) is 0 Å². The maximum Gasteiger partial charge on any atom is -0.00173 e. The maximum absolute atomic E-state index is 3.48. The molecule has 0 aromatic heterocycles. The third-order valence-electron chi connectivity index (χ3n) is 4.73. The monoisotopic (exact) mass is 229 g/mol. The summed E-state index contributed by atoms with van der Waals surface area (Å²) in [6.45, 7) is 4.73. The van der Waals surface area contributed by atoms with Crippen LogP contribution in [0.5, 0.6) is 0 Å². The summed E-state index contributed by atoms with van der Waals surface area (Å²) in [6, 6.07) is 9.54. The van der Waals surface area contributed by atoms with Crippen molar-refractivity contribution in [2.45, 2.75) is 44.4 Å². The van der Waals surface area contributed by atoms with E-state index >= 15 is 0 Å². The van der Waals surface area contributed by atoms with Gasteiger partial charge in [0, 0.05) is 0 Å². The van der Waals surface area contributed by atoms with E-state index in [0.717, 1.165) is 17.8 Å². The molecule has 1 aromatic carbocycles. The van der Waals surface area contributed by atoms with Gasteiger partial charge in [-0.1, -0.05) is 37.6 Å². The molecule has 2 fully saturated rings. The lowest BCUT2D eigenvalue weighted by atomic mass is 9.78. The van der Waals surface area contributed by atoms with Gasteiger partial charge in [0.15, 0.2) is 0 Å². The summed E-state index contributed by atoms with van der Waals surface area (Å²) >= 11 is 0. The van der Waals surface area contributed by atoms with Crippen LogP contribution in [0.2, 0.25) is 0 Å². The van der Waals surface area contributed by atoms with Gasteiger partial charge in [0.2, 0.25) is 0 Å². The van der Waals surface area contributed by atoms with E-state index in [2.05, 4.69) is 36.5 Å². The largest absolute Gasteiger partial charge is 0.316 e. The van der Waals surface area contributed by atoms with Gasteiger partial charge < -0.3 is 5.32 Å². The zero-order valence-corrected chi connectivity index (χ0v) is 10.8. The fourth-order valence-electron chi connectivity index (χ4n) is 3.27. The predicted molar refractivity (Wildman–Crippen MR) is 72.4 cm³/mol. The number of rotatable bonds is 2. The van der Waals surface area contributed by atoms with Crippen molar-refractivity contribution < 1.29 is 0 Å². The number of hydrogen-bond donors (Lipinski definition) is 1. The zero-order chi connectivity index (χ0) is 11.7. The molecule has 0 radical (unpaired) electrons. The Morgan fingerprint density at radius 1 is 1.00 bits per heavy atom. The SMILES string of the molecule is CC1CNCCC1c1ccc(C2CCC2)cc1. The number of piperidine rings is 1. The summed E-state index contributed by atoms with van der Waals surface area (Å²) in [7, 11) is 0. The highest BCUT2D eigenvalue weighted by atomic mass is 14.9. The molecule has 2 aliphatic rings. The fraction of sp³-hybridized carbons (Fsp3) is 0.625. The van der Waals surface area contributed by atoms with Crippen LogP contribution in [0.3, 0.4) is 0 Å². The molecular formula is C16H23N. The van der Waals surface area contributed by atoms with Crippen molar-refractivity contribution in [3.8, 4) is 0 Å². The van der Waals surface area contributed by atoms with Crippen molar-refractivity contribution >= 4 is 0 Å². The smallest absolute Gasteiger partial charge is 0.00173 e. The topological polar surface area (TPSA) is 12.0 Å². The summed E-state index contributed by atoms with van der Waals surface area (Å²) in [6.07, 6.45) is 5.54. The molecule has 1 aliphatic carbocycles. The van der Waals surface area contributed by atoms with Crippen LogP contribution in [0.25, 0.3) is 0 Å². The third kappa shape index (κ3) is 2.26.